The van der Waals surface area contributed by atoms with E-state index < -0.39 is 0 Å². The van der Waals surface area contributed by atoms with Gasteiger partial charge in [0.2, 0.25) is 0 Å². The second-order valence-electron chi connectivity index (χ2n) is 3.90. The van der Waals surface area contributed by atoms with Gasteiger partial charge in [-0.15, -0.1) is 0 Å². The minimum atomic E-state index is -0.151. The zero-order valence-corrected chi connectivity index (χ0v) is 10.4. The molecule has 6 heteroatoms. The van der Waals surface area contributed by atoms with Crippen molar-refractivity contribution in [2.75, 3.05) is 14.1 Å². The summed E-state index contributed by atoms with van der Waals surface area (Å²) in [7, 11) is 3.74. The third-order valence-electron chi connectivity index (χ3n) is 2.28. The first kappa shape index (κ1) is 12.0. The molecule has 0 atom stereocenters. The molecule has 90 valence electrons. The Morgan fingerprint density at radius 1 is 1.47 bits per heavy atom. The number of fused-ring (bicyclic) bond motifs is 1. The highest BCUT2D eigenvalue weighted by Gasteiger charge is 2.04. The van der Waals surface area contributed by atoms with Gasteiger partial charge in [-0.2, -0.15) is 0 Å². The Kier molecular flexibility index (Phi) is 3.42. The van der Waals surface area contributed by atoms with E-state index in [1.807, 2.05) is 14.1 Å². The van der Waals surface area contributed by atoms with Gasteiger partial charge in [-0.1, -0.05) is 11.6 Å². The van der Waals surface area contributed by atoms with Gasteiger partial charge in [0.15, 0.2) is 0 Å². The van der Waals surface area contributed by atoms with E-state index in [-0.39, 0.29) is 5.56 Å². The van der Waals surface area contributed by atoms with E-state index >= 15 is 0 Å². The van der Waals surface area contributed by atoms with Crippen LogP contribution in [0.3, 0.4) is 0 Å². The van der Waals surface area contributed by atoms with Crippen molar-refractivity contribution in [2.24, 2.45) is 0 Å². The zero-order chi connectivity index (χ0) is 12.4. The van der Waals surface area contributed by atoms with Crippen molar-refractivity contribution >= 4 is 22.5 Å². The molecule has 0 aliphatic carbocycles. The van der Waals surface area contributed by atoms with Crippen LogP contribution in [0, 0.1) is 0 Å². The molecule has 0 saturated heterocycles. The monoisotopic (exact) mass is 252 g/mol. The van der Waals surface area contributed by atoms with E-state index in [4.69, 9.17) is 11.6 Å². The minimum Gasteiger partial charge on any atom is -0.309 e. The van der Waals surface area contributed by atoms with Gasteiger partial charge in [0.25, 0.3) is 5.56 Å². The Morgan fingerprint density at radius 3 is 2.94 bits per heavy atom. The highest BCUT2D eigenvalue weighted by molar-refractivity contribution is 6.31. The summed E-state index contributed by atoms with van der Waals surface area (Å²) < 4.78 is 0. The number of hydrogen-bond acceptors (Lipinski definition) is 4. The number of nitrogens with zero attached hydrogens (tertiary/aromatic N) is 2. The lowest BCUT2D eigenvalue weighted by atomic mass is 10.2. The lowest BCUT2D eigenvalue weighted by Crippen LogP contribution is -2.31. The Hall–Kier alpha value is -1.43. The van der Waals surface area contributed by atoms with Gasteiger partial charge in [-0.3, -0.25) is 9.80 Å². The number of hydrogen-bond donors (Lipinski definition) is 2. The molecule has 0 saturated carbocycles. The van der Waals surface area contributed by atoms with Crippen LogP contribution in [0.25, 0.3) is 10.9 Å². The predicted octanol–water partition coefficient (Wildman–Crippen LogP) is 1.14. The van der Waals surface area contributed by atoms with E-state index in [0.717, 1.165) is 0 Å². The van der Waals surface area contributed by atoms with Crippen molar-refractivity contribution in [3.63, 3.8) is 0 Å². The highest BCUT2D eigenvalue weighted by Crippen LogP contribution is 2.14. The summed E-state index contributed by atoms with van der Waals surface area (Å²) in [5.74, 6) is 0.582. The van der Waals surface area contributed by atoms with E-state index in [1.165, 1.54) is 0 Å². The maximum atomic E-state index is 11.8. The topological polar surface area (TPSA) is 61.0 Å². The minimum absolute atomic E-state index is 0.151. The van der Waals surface area contributed by atoms with Crippen molar-refractivity contribution in [1.82, 2.24) is 20.4 Å². The van der Waals surface area contributed by atoms with Crippen LogP contribution >= 0.6 is 11.6 Å². The van der Waals surface area contributed by atoms with Crippen LogP contribution in [-0.2, 0) is 6.54 Å². The zero-order valence-electron chi connectivity index (χ0n) is 9.62. The average molecular weight is 253 g/mol. The van der Waals surface area contributed by atoms with Crippen molar-refractivity contribution in [1.29, 1.82) is 0 Å². The molecule has 17 heavy (non-hydrogen) atoms. The molecule has 0 bridgehead atoms. The highest BCUT2D eigenvalue weighted by atomic mass is 35.5. The Labute approximate surface area is 103 Å². The summed E-state index contributed by atoms with van der Waals surface area (Å²) in [4.78, 5) is 18.8. The number of aromatic amines is 1. The first-order valence-corrected chi connectivity index (χ1v) is 5.53. The van der Waals surface area contributed by atoms with E-state index in [2.05, 4.69) is 15.4 Å². The maximum absolute atomic E-state index is 11.8. The smallest absolute Gasteiger partial charge is 0.258 e. The van der Waals surface area contributed by atoms with Crippen LogP contribution in [0.5, 0.6) is 0 Å². The second kappa shape index (κ2) is 4.83. The Balaban J connectivity index is 2.43. The molecule has 1 heterocycles. The van der Waals surface area contributed by atoms with Crippen LogP contribution in [-0.4, -0.2) is 29.1 Å². The molecule has 2 rings (SSSR count). The maximum Gasteiger partial charge on any atom is 0.258 e. The second-order valence-corrected chi connectivity index (χ2v) is 4.34. The molecule has 1 aromatic heterocycles. The number of rotatable bonds is 3. The average Bonchev–Trinajstić information content (AvgIpc) is 2.25. The number of halogens is 1. The summed E-state index contributed by atoms with van der Waals surface area (Å²) in [5, 5.41) is 2.91. The molecule has 0 aliphatic rings. The van der Waals surface area contributed by atoms with Crippen molar-refractivity contribution < 1.29 is 0 Å². The third-order valence-corrected chi connectivity index (χ3v) is 2.52. The lowest BCUT2D eigenvalue weighted by molar-refractivity contribution is 0.282. The SMILES string of the molecule is CN(C)NCc1nc2cc(Cl)ccc2c(=O)[nH]1. The van der Waals surface area contributed by atoms with Crippen molar-refractivity contribution in [3.8, 4) is 0 Å². The van der Waals surface area contributed by atoms with Gasteiger partial charge in [-0.25, -0.2) is 10.4 Å². The fourth-order valence-corrected chi connectivity index (χ4v) is 1.64. The first-order valence-electron chi connectivity index (χ1n) is 5.15. The van der Waals surface area contributed by atoms with Gasteiger partial charge in [0.05, 0.1) is 17.4 Å². The van der Waals surface area contributed by atoms with Crippen LogP contribution in [0.4, 0.5) is 0 Å². The summed E-state index contributed by atoms with van der Waals surface area (Å²) >= 11 is 5.87. The molecule has 5 nitrogen and oxygen atoms in total. The van der Waals surface area contributed by atoms with Gasteiger partial charge in [0.1, 0.15) is 5.82 Å². The van der Waals surface area contributed by atoms with Crippen LogP contribution < -0.4 is 11.0 Å². The van der Waals surface area contributed by atoms with Crippen LogP contribution in [0.15, 0.2) is 23.0 Å². The number of hydrazine groups is 1. The van der Waals surface area contributed by atoms with Gasteiger partial charge in [0, 0.05) is 19.1 Å². The van der Waals surface area contributed by atoms with Gasteiger partial charge in [-0.05, 0) is 18.2 Å². The number of benzene rings is 1. The molecular formula is C11H13ClN4O. The summed E-state index contributed by atoms with van der Waals surface area (Å²) in [6.07, 6.45) is 0. The van der Waals surface area contributed by atoms with Crippen LogP contribution in [0.2, 0.25) is 5.02 Å². The van der Waals surface area contributed by atoms with Crippen molar-refractivity contribution in [3.05, 3.63) is 39.4 Å². The standard InChI is InChI=1S/C11H13ClN4O/c1-16(2)13-6-10-14-9-5-7(12)3-4-8(9)11(17)15-10/h3-5,13H,6H2,1-2H3,(H,14,15,17). The lowest BCUT2D eigenvalue weighted by Gasteiger charge is -2.11. The molecule has 0 fully saturated rings. The molecular weight excluding hydrogens is 240 g/mol. The van der Waals surface area contributed by atoms with Crippen LogP contribution in [0.1, 0.15) is 5.82 Å². The fraction of sp³-hybridized carbons (Fsp3) is 0.273. The van der Waals surface area contributed by atoms with Gasteiger partial charge >= 0.3 is 0 Å². The summed E-state index contributed by atoms with van der Waals surface area (Å²) in [6, 6.07) is 5.04. The molecule has 0 unspecified atom stereocenters. The van der Waals surface area contributed by atoms with E-state index in [0.29, 0.717) is 28.3 Å². The predicted molar refractivity (Wildman–Crippen MR) is 67.9 cm³/mol. The third kappa shape index (κ3) is 2.82. The quantitative estimate of drug-likeness (QED) is 0.805. The number of aromatic nitrogens is 2. The van der Waals surface area contributed by atoms with Crippen molar-refractivity contribution in [2.45, 2.75) is 6.54 Å². The number of nitrogens with one attached hydrogen (secondary N) is 2. The molecule has 2 N–H and O–H groups in total. The molecule has 0 spiro atoms. The molecule has 0 aliphatic heterocycles. The number of H-pyrrole nitrogens is 1. The Bertz CT molecular complexity index is 594. The largest absolute Gasteiger partial charge is 0.309 e. The van der Waals surface area contributed by atoms with Gasteiger partial charge < -0.3 is 4.98 Å². The molecule has 1 aromatic carbocycles. The van der Waals surface area contributed by atoms with E-state index in [9.17, 15) is 4.79 Å². The summed E-state index contributed by atoms with van der Waals surface area (Å²) in [6.45, 7) is 0.463. The Morgan fingerprint density at radius 2 is 2.24 bits per heavy atom. The molecule has 2 aromatic rings. The van der Waals surface area contributed by atoms with E-state index in [1.54, 1.807) is 23.2 Å². The first-order chi connectivity index (χ1) is 8.06. The molecule has 0 amide bonds. The molecule has 0 radical (unpaired) electrons. The normalized spacial score (nSPS) is 11.3. The summed E-state index contributed by atoms with van der Waals surface area (Å²) in [5.41, 5.74) is 3.49. The fourth-order valence-electron chi connectivity index (χ4n) is 1.48.